The first-order chi connectivity index (χ1) is 15.7. The third kappa shape index (κ3) is 4.47. The molecule has 1 saturated heterocycles. The van der Waals surface area contributed by atoms with Crippen molar-refractivity contribution in [3.63, 3.8) is 0 Å². The molecule has 1 aliphatic heterocycles. The van der Waals surface area contributed by atoms with E-state index in [1.165, 1.54) is 10.7 Å². The van der Waals surface area contributed by atoms with Crippen molar-refractivity contribution >= 4 is 32.3 Å². The molecule has 1 fully saturated rings. The van der Waals surface area contributed by atoms with Gasteiger partial charge in [-0.2, -0.15) is 5.10 Å². The van der Waals surface area contributed by atoms with Gasteiger partial charge in [-0.1, -0.05) is 32.0 Å². The van der Waals surface area contributed by atoms with Gasteiger partial charge in [-0.3, -0.25) is 14.9 Å². The van der Waals surface area contributed by atoms with E-state index in [1.807, 2.05) is 6.07 Å². The van der Waals surface area contributed by atoms with Gasteiger partial charge in [-0.05, 0) is 37.3 Å². The number of nitrogens with zero attached hydrogens (tertiary/aromatic N) is 4. The molecule has 4 rings (SSSR count). The molecular formula is C23H26N4O5S. The fourth-order valence-electron chi connectivity index (χ4n) is 4.24. The van der Waals surface area contributed by atoms with Gasteiger partial charge >= 0.3 is 0 Å². The molecule has 0 N–H and O–H groups in total. The number of carbonyl (C=O) groups is 1. The van der Waals surface area contributed by atoms with Crippen molar-refractivity contribution in [3.8, 4) is 5.69 Å². The Morgan fingerprint density at radius 1 is 1.12 bits per heavy atom. The molecule has 1 amide bonds. The number of amides is 1. The number of nitro benzene ring substituents is 1. The number of carbonyl (C=O) groups excluding carboxylic acids is 1. The zero-order valence-corrected chi connectivity index (χ0v) is 19.4. The minimum atomic E-state index is -3.93. The first-order valence-corrected chi connectivity index (χ1v) is 12.6. The molecule has 2 heterocycles. The summed E-state index contributed by atoms with van der Waals surface area (Å²) >= 11 is 0. The highest BCUT2D eigenvalue weighted by Gasteiger charge is 2.32. The monoisotopic (exact) mass is 470 g/mol. The van der Waals surface area contributed by atoms with Crippen molar-refractivity contribution in [2.45, 2.75) is 38.0 Å². The van der Waals surface area contributed by atoms with Crippen LogP contribution in [-0.2, 0) is 9.84 Å². The van der Waals surface area contributed by atoms with Crippen LogP contribution in [0.15, 0.2) is 47.4 Å². The van der Waals surface area contributed by atoms with Crippen molar-refractivity contribution in [1.29, 1.82) is 0 Å². The molecule has 0 atom stereocenters. The molecule has 0 saturated carbocycles. The van der Waals surface area contributed by atoms with Gasteiger partial charge in [0.25, 0.3) is 11.6 Å². The van der Waals surface area contributed by atoms with Gasteiger partial charge < -0.3 is 4.90 Å². The van der Waals surface area contributed by atoms with E-state index in [4.69, 9.17) is 0 Å². The van der Waals surface area contributed by atoms with E-state index in [1.54, 1.807) is 43.0 Å². The van der Waals surface area contributed by atoms with Gasteiger partial charge in [0.1, 0.15) is 0 Å². The van der Waals surface area contributed by atoms with Crippen molar-refractivity contribution < 1.29 is 18.1 Å². The lowest BCUT2D eigenvalue weighted by atomic mass is 10.1. The highest BCUT2D eigenvalue weighted by molar-refractivity contribution is 7.91. The first-order valence-electron chi connectivity index (χ1n) is 11.0. The van der Waals surface area contributed by atoms with Gasteiger partial charge in [0.15, 0.2) is 15.5 Å². The van der Waals surface area contributed by atoms with Gasteiger partial charge in [-0.25, -0.2) is 13.1 Å². The summed E-state index contributed by atoms with van der Waals surface area (Å²) < 4.78 is 28.1. The summed E-state index contributed by atoms with van der Waals surface area (Å²) in [7, 11) is -3.93. The predicted octanol–water partition coefficient (Wildman–Crippen LogP) is 3.99. The number of likely N-dealkylation sites (tertiary alicyclic amines) is 1. The number of hydrogen-bond donors (Lipinski definition) is 0. The molecule has 1 aromatic heterocycles. The maximum atomic E-state index is 13.5. The second kappa shape index (κ2) is 8.93. The fraction of sp³-hybridized carbons (Fsp3) is 0.391. The lowest BCUT2D eigenvalue weighted by Crippen LogP contribution is -2.36. The standard InChI is InChI=1S/C23H26N4O5S/c1-16(2)15-33(31,32)20-14-18(27(29)30)13-19-21(20)22(23(28)25-11-7-4-8-12-25)24-26(19)17-9-5-3-6-10-17/h3,5-6,9-10,13-14,16H,4,7-8,11-12,15H2,1-2H3. The van der Waals surface area contributed by atoms with E-state index in [0.717, 1.165) is 25.3 Å². The van der Waals surface area contributed by atoms with Crippen LogP contribution in [0.1, 0.15) is 43.6 Å². The van der Waals surface area contributed by atoms with Gasteiger partial charge in [0, 0.05) is 25.2 Å². The number of piperidine rings is 1. The number of aromatic nitrogens is 2. The molecule has 10 heteroatoms. The Bertz CT molecular complexity index is 1310. The summed E-state index contributed by atoms with van der Waals surface area (Å²) in [6, 6.07) is 11.2. The third-order valence-electron chi connectivity index (χ3n) is 5.68. The summed E-state index contributed by atoms with van der Waals surface area (Å²) in [4.78, 5) is 26.0. The molecule has 0 radical (unpaired) electrons. The number of fused-ring (bicyclic) bond motifs is 1. The molecule has 0 aliphatic carbocycles. The zero-order chi connectivity index (χ0) is 23.8. The molecule has 2 aromatic carbocycles. The largest absolute Gasteiger partial charge is 0.337 e. The van der Waals surface area contributed by atoms with Crippen LogP contribution < -0.4 is 0 Å². The van der Waals surface area contributed by atoms with Gasteiger partial charge in [0.05, 0.1) is 32.2 Å². The van der Waals surface area contributed by atoms with E-state index < -0.39 is 14.8 Å². The van der Waals surface area contributed by atoms with Crippen molar-refractivity contribution in [1.82, 2.24) is 14.7 Å². The quantitative estimate of drug-likeness (QED) is 0.397. The molecule has 0 spiro atoms. The van der Waals surface area contributed by atoms with E-state index in [9.17, 15) is 23.3 Å². The molecule has 33 heavy (non-hydrogen) atoms. The summed E-state index contributed by atoms with van der Waals surface area (Å²) in [5.74, 6) is -0.754. The van der Waals surface area contributed by atoms with E-state index in [2.05, 4.69) is 5.10 Å². The third-order valence-corrected chi connectivity index (χ3v) is 7.77. The Balaban J connectivity index is 2.06. The first kappa shape index (κ1) is 22.9. The predicted molar refractivity (Wildman–Crippen MR) is 124 cm³/mol. The van der Waals surface area contributed by atoms with Crippen LogP contribution >= 0.6 is 0 Å². The van der Waals surface area contributed by atoms with Crippen LogP contribution in [0.5, 0.6) is 0 Å². The summed E-state index contributed by atoms with van der Waals surface area (Å²) in [6.07, 6.45) is 2.77. The number of nitro groups is 1. The number of para-hydroxylation sites is 1. The minimum absolute atomic E-state index is 0.00739. The van der Waals surface area contributed by atoms with Crippen molar-refractivity contribution in [2.75, 3.05) is 18.8 Å². The zero-order valence-electron chi connectivity index (χ0n) is 18.6. The average molecular weight is 471 g/mol. The topological polar surface area (TPSA) is 115 Å². The van der Waals surface area contributed by atoms with Crippen molar-refractivity contribution in [3.05, 3.63) is 58.3 Å². The lowest BCUT2D eigenvalue weighted by Gasteiger charge is -2.26. The van der Waals surface area contributed by atoms with E-state index in [0.29, 0.717) is 18.8 Å². The van der Waals surface area contributed by atoms with Crippen LogP contribution in [0.3, 0.4) is 0 Å². The average Bonchev–Trinajstić information content (AvgIpc) is 3.17. The second-order valence-electron chi connectivity index (χ2n) is 8.72. The fourth-order valence-corrected chi connectivity index (χ4v) is 6.11. The molecule has 3 aromatic rings. The number of sulfone groups is 1. The lowest BCUT2D eigenvalue weighted by molar-refractivity contribution is -0.384. The molecule has 1 aliphatic rings. The maximum absolute atomic E-state index is 13.5. The van der Waals surface area contributed by atoms with Gasteiger partial charge in [-0.15, -0.1) is 0 Å². The van der Waals surface area contributed by atoms with Crippen LogP contribution in [0.25, 0.3) is 16.6 Å². The van der Waals surface area contributed by atoms with E-state index in [-0.39, 0.29) is 44.8 Å². The van der Waals surface area contributed by atoms with E-state index >= 15 is 0 Å². The molecule has 0 bridgehead atoms. The smallest absolute Gasteiger partial charge is 0.275 e. The van der Waals surface area contributed by atoms with Crippen LogP contribution in [0.2, 0.25) is 0 Å². The Labute approximate surface area is 192 Å². The maximum Gasteiger partial charge on any atom is 0.275 e. The van der Waals surface area contributed by atoms with Crippen LogP contribution in [-0.4, -0.2) is 52.8 Å². The molecule has 174 valence electrons. The molecule has 9 nitrogen and oxygen atoms in total. The number of non-ortho nitro benzene ring substituents is 1. The number of hydrogen-bond acceptors (Lipinski definition) is 6. The minimum Gasteiger partial charge on any atom is -0.337 e. The summed E-state index contributed by atoms with van der Waals surface area (Å²) in [5.41, 5.74) is 0.442. The van der Waals surface area contributed by atoms with Crippen molar-refractivity contribution in [2.24, 2.45) is 5.92 Å². The highest BCUT2D eigenvalue weighted by atomic mass is 32.2. The Morgan fingerprint density at radius 2 is 1.79 bits per heavy atom. The Morgan fingerprint density at radius 3 is 2.39 bits per heavy atom. The Hall–Kier alpha value is -3.27. The second-order valence-corrected chi connectivity index (χ2v) is 10.7. The summed E-state index contributed by atoms with van der Waals surface area (Å²) in [5, 5.41) is 16.4. The molecule has 0 unspecified atom stereocenters. The number of rotatable bonds is 6. The Kier molecular flexibility index (Phi) is 6.20. The highest BCUT2D eigenvalue weighted by Crippen LogP contribution is 2.35. The SMILES string of the molecule is CC(C)CS(=O)(=O)c1cc([N+](=O)[O-])cc2c1c(C(=O)N1CCCCC1)nn2-c1ccccc1. The molecular weight excluding hydrogens is 444 g/mol. The number of benzene rings is 2. The normalized spacial score (nSPS) is 14.7. The van der Waals surface area contributed by atoms with Gasteiger partial charge in [0.2, 0.25) is 0 Å². The summed E-state index contributed by atoms with van der Waals surface area (Å²) in [6.45, 7) is 4.66. The van der Waals surface area contributed by atoms with Crippen LogP contribution in [0.4, 0.5) is 5.69 Å². The van der Waals surface area contributed by atoms with Crippen LogP contribution in [0, 0.1) is 16.0 Å².